The maximum Gasteiger partial charge on any atom is 0.414 e. The third-order valence-corrected chi connectivity index (χ3v) is 4.16. The molecular weight excluding hydrogens is 354 g/mol. The number of ketones is 1. The Kier molecular flexibility index (Phi) is 6.55. The quantitative estimate of drug-likeness (QED) is 0.804. The van der Waals surface area contributed by atoms with E-state index in [0.29, 0.717) is 48.7 Å². The Balaban J connectivity index is 0.00000243. The SMILES string of the molecule is CNCC1CN(c2ccc3c(c2)OCC/C(=C\N(C)C)C3=O)C(=O)O1.S. The molecule has 1 N–H and O–H groups in total. The Morgan fingerprint density at radius 3 is 2.81 bits per heavy atom. The third kappa shape index (κ3) is 4.13. The number of nitrogens with zero attached hydrogens (tertiary/aromatic N) is 2. The van der Waals surface area contributed by atoms with Gasteiger partial charge in [-0.3, -0.25) is 9.69 Å². The van der Waals surface area contributed by atoms with Crippen molar-refractivity contribution < 1.29 is 19.1 Å². The molecule has 142 valence electrons. The number of carbonyl (C=O) groups is 2. The topological polar surface area (TPSA) is 71.1 Å². The largest absolute Gasteiger partial charge is 0.492 e. The van der Waals surface area contributed by atoms with E-state index in [1.807, 2.05) is 32.2 Å². The number of benzene rings is 1. The first-order chi connectivity index (χ1) is 12.0. The number of rotatable bonds is 4. The summed E-state index contributed by atoms with van der Waals surface area (Å²) in [4.78, 5) is 28.2. The standard InChI is InChI=1S/C18H23N3O4.H2S/c1-19-9-14-11-21(18(23)25-14)13-4-5-15-16(8-13)24-7-6-12(17(15)22)10-20(2)3;/h4-5,8,10,14,19H,6-7,9,11H2,1-3H3;1H2/b12-10+;. The fraction of sp³-hybridized carbons (Fsp3) is 0.444. The molecule has 0 saturated carbocycles. The van der Waals surface area contributed by atoms with E-state index in [1.165, 1.54) is 0 Å². The number of hydrogen-bond donors (Lipinski definition) is 1. The van der Waals surface area contributed by atoms with Gasteiger partial charge < -0.3 is 19.7 Å². The highest BCUT2D eigenvalue weighted by molar-refractivity contribution is 7.59. The van der Waals surface area contributed by atoms with E-state index in [1.54, 1.807) is 23.1 Å². The van der Waals surface area contributed by atoms with Gasteiger partial charge in [0.25, 0.3) is 0 Å². The van der Waals surface area contributed by atoms with E-state index in [9.17, 15) is 9.59 Å². The van der Waals surface area contributed by atoms with Crippen LogP contribution < -0.4 is 15.0 Å². The molecule has 0 spiro atoms. The monoisotopic (exact) mass is 379 g/mol. The number of nitrogens with one attached hydrogen (secondary N) is 1. The van der Waals surface area contributed by atoms with Crippen molar-refractivity contribution in [1.82, 2.24) is 10.2 Å². The predicted octanol–water partition coefficient (Wildman–Crippen LogP) is 1.75. The number of ether oxygens (including phenoxy) is 2. The fourth-order valence-corrected chi connectivity index (χ4v) is 3.04. The number of fused-ring (bicyclic) bond motifs is 1. The summed E-state index contributed by atoms with van der Waals surface area (Å²) in [5.74, 6) is 0.472. The average molecular weight is 379 g/mol. The van der Waals surface area contributed by atoms with Gasteiger partial charge in [0.05, 0.1) is 24.4 Å². The number of hydrogen-bond acceptors (Lipinski definition) is 6. The van der Waals surface area contributed by atoms with E-state index in [-0.39, 0.29) is 31.5 Å². The lowest BCUT2D eigenvalue weighted by Gasteiger charge is -2.15. The van der Waals surface area contributed by atoms with Crippen LogP contribution in [-0.4, -0.2) is 63.7 Å². The zero-order valence-electron chi connectivity index (χ0n) is 15.2. The van der Waals surface area contributed by atoms with Crippen molar-refractivity contribution in [1.29, 1.82) is 0 Å². The van der Waals surface area contributed by atoms with Crippen LogP contribution in [0.4, 0.5) is 10.5 Å². The molecule has 0 aromatic heterocycles. The highest BCUT2D eigenvalue weighted by Gasteiger charge is 2.33. The van der Waals surface area contributed by atoms with E-state index in [4.69, 9.17) is 9.47 Å². The van der Waals surface area contributed by atoms with Gasteiger partial charge in [-0.2, -0.15) is 13.5 Å². The van der Waals surface area contributed by atoms with Crippen LogP contribution >= 0.6 is 13.5 Å². The van der Waals surface area contributed by atoms with Crippen LogP contribution in [0.2, 0.25) is 0 Å². The first-order valence-corrected chi connectivity index (χ1v) is 8.31. The summed E-state index contributed by atoms with van der Waals surface area (Å²) in [5.41, 5.74) is 1.91. The van der Waals surface area contributed by atoms with Gasteiger partial charge in [-0.1, -0.05) is 0 Å². The zero-order chi connectivity index (χ0) is 18.0. The first-order valence-electron chi connectivity index (χ1n) is 8.31. The van der Waals surface area contributed by atoms with Gasteiger partial charge in [0.2, 0.25) is 0 Å². The molecule has 26 heavy (non-hydrogen) atoms. The Hall–Kier alpha value is -2.19. The molecule has 2 aliphatic rings. The molecule has 1 amide bonds. The van der Waals surface area contributed by atoms with Crippen molar-refractivity contribution in [2.24, 2.45) is 0 Å². The number of carbonyl (C=O) groups excluding carboxylic acids is 2. The minimum atomic E-state index is -0.381. The lowest BCUT2D eigenvalue weighted by molar-refractivity contribution is 0.103. The lowest BCUT2D eigenvalue weighted by atomic mass is 10.0. The first kappa shape index (κ1) is 20.1. The van der Waals surface area contributed by atoms with Gasteiger partial charge in [-0.05, 0) is 19.2 Å². The Morgan fingerprint density at radius 1 is 1.35 bits per heavy atom. The number of Topliss-reactive ketones (excluding diaryl/α,β-unsaturated/α-hetero) is 1. The van der Waals surface area contributed by atoms with E-state index < -0.39 is 0 Å². The second kappa shape index (κ2) is 8.46. The highest BCUT2D eigenvalue weighted by Crippen LogP contribution is 2.32. The predicted molar refractivity (Wildman–Crippen MR) is 105 cm³/mol. The Bertz CT molecular complexity index is 720. The van der Waals surface area contributed by atoms with Gasteiger partial charge in [0.15, 0.2) is 5.78 Å². The Labute approximate surface area is 160 Å². The molecule has 0 bridgehead atoms. The molecule has 1 fully saturated rings. The van der Waals surface area contributed by atoms with Crippen molar-refractivity contribution in [3.63, 3.8) is 0 Å². The maximum atomic E-state index is 12.7. The maximum absolute atomic E-state index is 12.7. The van der Waals surface area contributed by atoms with E-state index in [2.05, 4.69) is 5.32 Å². The van der Waals surface area contributed by atoms with Crippen LogP contribution in [0.15, 0.2) is 30.0 Å². The molecule has 2 heterocycles. The average Bonchev–Trinajstić information content (AvgIpc) is 2.86. The van der Waals surface area contributed by atoms with Crippen LogP contribution in [0.3, 0.4) is 0 Å². The molecule has 2 aliphatic heterocycles. The third-order valence-electron chi connectivity index (χ3n) is 4.16. The molecule has 1 aromatic carbocycles. The number of anilines is 1. The minimum absolute atomic E-state index is 0. The van der Waals surface area contributed by atoms with Crippen LogP contribution in [0.5, 0.6) is 5.75 Å². The molecule has 7 nitrogen and oxygen atoms in total. The van der Waals surface area contributed by atoms with Crippen molar-refractivity contribution in [2.45, 2.75) is 12.5 Å². The molecule has 0 aliphatic carbocycles. The summed E-state index contributed by atoms with van der Waals surface area (Å²) in [7, 11) is 5.59. The van der Waals surface area contributed by atoms with Crippen molar-refractivity contribution >= 4 is 31.1 Å². The highest BCUT2D eigenvalue weighted by atomic mass is 32.1. The minimum Gasteiger partial charge on any atom is -0.492 e. The summed E-state index contributed by atoms with van der Waals surface area (Å²) in [5, 5.41) is 3.00. The molecule has 0 radical (unpaired) electrons. The Morgan fingerprint density at radius 2 is 2.12 bits per heavy atom. The van der Waals surface area contributed by atoms with Crippen LogP contribution in [0.25, 0.3) is 0 Å². The molecule has 1 aromatic rings. The number of likely N-dealkylation sites (N-methyl/N-ethyl adjacent to an activating group) is 1. The molecular formula is C18H25N3O4S. The normalized spacial score (nSPS) is 20.8. The number of cyclic esters (lactones) is 1. The molecule has 1 atom stereocenters. The zero-order valence-corrected chi connectivity index (χ0v) is 16.2. The van der Waals surface area contributed by atoms with E-state index in [0.717, 1.165) is 0 Å². The second-order valence-corrected chi connectivity index (χ2v) is 6.40. The van der Waals surface area contributed by atoms with Crippen molar-refractivity contribution in [3.8, 4) is 5.75 Å². The van der Waals surface area contributed by atoms with Gasteiger partial charge in [0, 0.05) is 44.9 Å². The van der Waals surface area contributed by atoms with Gasteiger partial charge in [-0.25, -0.2) is 4.79 Å². The summed E-state index contributed by atoms with van der Waals surface area (Å²) in [6.07, 6.45) is 1.81. The van der Waals surface area contributed by atoms with Crippen LogP contribution in [0, 0.1) is 0 Å². The second-order valence-electron chi connectivity index (χ2n) is 6.40. The molecule has 1 saturated heterocycles. The summed E-state index contributed by atoms with van der Waals surface area (Å²) < 4.78 is 11.1. The molecule has 1 unspecified atom stereocenters. The van der Waals surface area contributed by atoms with Crippen LogP contribution in [0.1, 0.15) is 16.8 Å². The van der Waals surface area contributed by atoms with Gasteiger partial charge >= 0.3 is 6.09 Å². The van der Waals surface area contributed by atoms with Gasteiger partial charge in [-0.15, -0.1) is 0 Å². The molecule has 3 rings (SSSR count). The lowest BCUT2D eigenvalue weighted by Crippen LogP contribution is -2.29. The summed E-state index contributed by atoms with van der Waals surface area (Å²) >= 11 is 0. The smallest absolute Gasteiger partial charge is 0.414 e. The van der Waals surface area contributed by atoms with Gasteiger partial charge in [0.1, 0.15) is 11.9 Å². The summed E-state index contributed by atoms with van der Waals surface area (Å²) in [6.45, 7) is 1.49. The van der Waals surface area contributed by atoms with Crippen LogP contribution in [-0.2, 0) is 4.74 Å². The summed E-state index contributed by atoms with van der Waals surface area (Å²) in [6, 6.07) is 5.23. The number of amides is 1. The fourth-order valence-electron chi connectivity index (χ4n) is 3.04. The van der Waals surface area contributed by atoms with Crippen molar-refractivity contribution in [2.75, 3.05) is 45.7 Å². The van der Waals surface area contributed by atoms with E-state index >= 15 is 0 Å². The molecule has 8 heteroatoms. The van der Waals surface area contributed by atoms with Crippen molar-refractivity contribution in [3.05, 3.63) is 35.5 Å².